The van der Waals surface area contributed by atoms with E-state index in [0.29, 0.717) is 4.47 Å². The lowest BCUT2D eigenvalue weighted by molar-refractivity contribution is 0.295. The van der Waals surface area contributed by atoms with E-state index >= 15 is 0 Å². The molecule has 1 aromatic rings. The molecule has 0 spiro atoms. The number of sulfonamides is 1. The zero-order valence-electron chi connectivity index (χ0n) is 8.28. The highest BCUT2D eigenvalue weighted by atomic mass is 79.9. The van der Waals surface area contributed by atoms with E-state index in [1.165, 1.54) is 12.1 Å². The molecular weight excluding hydrogens is 301 g/mol. The third-order valence-electron chi connectivity index (χ3n) is 1.77. The molecular formula is C9H11BrFNO3S. The van der Waals surface area contributed by atoms with Crippen LogP contribution >= 0.6 is 15.9 Å². The van der Waals surface area contributed by atoms with Crippen molar-refractivity contribution in [3.8, 4) is 0 Å². The van der Waals surface area contributed by atoms with E-state index in [4.69, 9.17) is 5.11 Å². The van der Waals surface area contributed by atoms with Crippen LogP contribution in [0.25, 0.3) is 0 Å². The van der Waals surface area contributed by atoms with Gasteiger partial charge in [-0.1, -0.05) is 15.9 Å². The number of benzene rings is 1. The monoisotopic (exact) mass is 311 g/mol. The smallest absolute Gasteiger partial charge is 0.232 e. The fourth-order valence-electron chi connectivity index (χ4n) is 1.05. The number of nitrogens with one attached hydrogen (secondary N) is 1. The largest absolute Gasteiger partial charge is 0.396 e. The Hall–Kier alpha value is -0.660. The van der Waals surface area contributed by atoms with Crippen LogP contribution in [-0.2, 0) is 10.0 Å². The van der Waals surface area contributed by atoms with Crippen LogP contribution in [0.4, 0.5) is 10.1 Å². The second-order valence-electron chi connectivity index (χ2n) is 3.12. The molecule has 1 aromatic carbocycles. The molecule has 2 N–H and O–H groups in total. The Balaban J connectivity index is 2.83. The second kappa shape index (κ2) is 5.60. The summed E-state index contributed by atoms with van der Waals surface area (Å²) in [5, 5.41) is 8.52. The first-order chi connectivity index (χ1) is 7.44. The van der Waals surface area contributed by atoms with Crippen molar-refractivity contribution in [1.82, 2.24) is 0 Å². The van der Waals surface area contributed by atoms with Crippen molar-refractivity contribution in [2.45, 2.75) is 6.42 Å². The number of aliphatic hydroxyl groups is 1. The first kappa shape index (κ1) is 13.4. The summed E-state index contributed by atoms with van der Waals surface area (Å²) in [6.07, 6.45) is 0.116. The third kappa shape index (κ3) is 4.07. The normalized spacial score (nSPS) is 11.4. The highest BCUT2D eigenvalue weighted by Crippen LogP contribution is 2.21. The molecule has 4 nitrogen and oxygen atoms in total. The van der Waals surface area contributed by atoms with E-state index in [-0.39, 0.29) is 24.5 Å². The van der Waals surface area contributed by atoms with Crippen LogP contribution in [0.15, 0.2) is 22.7 Å². The minimum absolute atomic E-state index is 0.104. The van der Waals surface area contributed by atoms with E-state index in [2.05, 4.69) is 20.7 Å². The quantitative estimate of drug-likeness (QED) is 0.870. The van der Waals surface area contributed by atoms with Gasteiger partial charge in [-0.3, -0.25) is 4.72 Å². The van der Waals surface area contributed by atoms with E-state index in [1.807, 2.05) is 0 Å². The molecule has 0 fully saturated rings. The average Bonchev–Trinajstić information content (AvgIpc) is 2.20. The van der Waals surface area contributed by atoms with Crippen molar-refractivity contribution in [3.63, 3.8) is 0 Å². The van der Waals surface area contributed by atoms with E-state index in [1.54, 1.807) is 0 Å². The summed E-state index contributed by atoms with van der Waals surface area (Å²) in [5.74, 6) is -0.883. The van der Waals surface area contributed by atoms with Crippen LogP contribution in [0.1, 0.15) is 6.42 Å². The van der Waals surface area contributed by atoms with Gasteiger partial charge in [0.2, 0.25) is 10.0 Å². The molecule has 1 rings (SSSR count). The lowest BCUT2D eigenvalue weighted by Crippen LogP contribution is -2.18. The predicted octanol–water partition coefficient (Wildman–Crippen LogP) is 1.71. The van der Waals surface area contributed by atoms with Crippen LogP contribution in [0.3, 0.4) is 0 Å². The zero-order valence-corrected chi connectivity index (χ0v) is 10.7. The first-order valence-electron chi connectivity index (χ1n) is 4.51. The zero-order chi connectivity index (χ0) is 12.2. The minimum atomic E-state index is -3.61. The van der Waals surface area contributed by atoms with Gasteiger partial charge in [0.1, 0.15) is 5.82 Å². The van der Waals surface area contributed by atoms with Crippen LogP contribution in [0.5, 0.6) is 0 Å². The van der Waals surface area contributed by atoms with Crippen LogP contribution < -0.4 is 4.72 Å². The Kier molecular flexibility index (Phi) is 4.69. The molecule has 7 heteroatoms. The molecule has 0 aliphatic carbocycles. The fourth-order valence-corrected chi connectivity index (χ4v) is 2.51. The summed E-state index contributed by atoms with van der Waals surface area (Å²) in [7, 11) is -3.61. The summed E-state index contributed by atoms with van der Waals surface area (Å²) in [6.45, 7) is -0.220. The van der Waals surface area contributed by atoms with Crippen molar-refractivity contribution >= 4 is 31.6 Å². The summed E-state index contributed by atoms with van der Waals surface area (Å²) >= 11 is 3.12. The average molecular weight is 312 g/mol. The molecule has 0 amide bonds. The standard InChI is InChI=1S/C9H11BrFNO3S/c10-7-2-3-8(11)9(6-7)12-16(14,15)5-1-4-13/h2-3,6,12-13H,1,4-5H2. The Morgan fingerprint density at radius 3 is 2.75 bits per heavy atom. The Labute approximate surface area is 102 Å². The van der Waals surface area contributed by atoms with Gasteiger partial charge in [0, 0.05) is 11.1 Å². The van der Waals surface area contributed by atoms with Gasteiger partial charge in [-0.05, 0) is 24.6 Å². The van der Waals surface area contributed by atoms with Crippen LogP contribution in [-0.4, -0.2) is 25.9 Å². The molecule has 16 heavy (non-hydrogen) atoms. The van der Waals surface area contributed by atoms with Crippen LogP contribution in [0.2, 0.25) is 0 Å². The maximum absolute atomic E-state index is 13.2. The molecule has 0 saturated heterocycles. The maximum Gasteiger partial charge on any atom is 0.232 e. The van der Waals surface area contributed by atoms with Gasteiger partial charge in [0.15, 0.2) is 0 Å². The van der Waals surface area contributed by atoms with Gasteiger partial charge in [0.25, 0.3) is 0 Å². The SMILES string of the molecule is O=S(=O)(CCCO)Nc1cc(Br)ccc1F. The number of rotatable bonds is 5. The Bertz CT molecular complexity index is 464. The third-order valence-corrected chi connectivity index (χ3v) is 3.62. The van der Waals surface area contributed by atoms with Crippen molar-refractivity contribution in [2.24, 2.45) is 0 Å². The lowest BCUT2D eigenvalue weighted by atomic mass is 10.3. The lowest BCUT2D eigenvalue weighted by Gasteiger charge is -2.08. The number of halogens is 2. The van der Waals surface area contributed by atoms with Gasteiger partial charge in [-0.15, -0.1) is 0 Å². The molecule has 0 radical (unpaired) electrons. The minimum Gasteiger partial charge on any atom is -0.396 e. The Morgan fingerprint density at radius 2 is 2.12 bits per heavy atom. The molecule has 0 unspecified atom stereocenters. The molecule has 0 aliphatic heterocycles. The number of hydrogen-bond donors (Lipinski definition) is 2. The molecule has 0 saturated carbocycles. The topological polar surface area (TPSA) is 66.4 Å². The molecule has 0 aliphatic rings. The highest BCUT2D eigenvalue weighted by Gasteiger charge is 2.12. The van der Waals surface area contributed by atoms with Gasteiger partial charge >= 0.3 is 0 Å². The van der Waals surface area contributed by atoms with E-state index in [9.17, 15) is 12.8 Å². The summed E-state index contributed by atoms with van der Waals surface area (Å²) < 4.78 is 38.8. The van der Waals surface area contributed by atoms with Gasteiger partial charge in [0.05, 0.1) is 11.4 Å². The fraction of sp³-hybridized carbons (Fsp3) is 0.333. The van der Waals surface area contributed by atoms with Crippen molar-refractivity contribution < 1.29 is 17.9 Å². The van der Waals surface area contributed by atoms with Crippen molar-refractivity contribution in [3.05, 3.63) is 28.5 Å². The van der Waals surface area contributed by atoms with Crippen molar-refractivity contribution in [2.75, 3.05) is 17.1 Å². The molecule has 0 aromatic heterocycles. The summed E-state index contributed by atoms with van der Waals surface area (Å²) in [4.78, 5) is 0. The highest BCUT2D eigenvalue weighted by molar-refractivity contribution is 9.10. The van der Waals surface area contributed by atoms with Gasteiger partial charge < -0.3 is 5.11 Å². The molecule has 0 bridgehead atoms. The summed E-state index contributed by atoms with van der Waals surface area (Å²) in [6, 6.07) is 3.97. The summed E-state index contributed by atoms with van der Waals surface area (Å²) in [5.41, 5.74) is -0.104. The number of hydrogen-bond acceptors (Lipinski definition) is 3. The van der Waals surface area contributed by atoms with E-state index in [0.717, 1.165) is 6.07 Å². The Morgan fingerprint density at radius 1 is 1.44 bits per heavy atom. The van der Waals surface area contributed by atoms with E-state index < -0.39 is 15.8 Å². The first-order valence-corrected chi connectivity index (χ1v) is 6.95. The second-order valence-corrected chi connectivity index (χ2v) is 5.88. The molecule has 90 valence electrons. The number of anilines is 1. The number of aliphatic hydroxyl groups excluding tert-OH is 1. The van der Waals surface area contributed by atoms with Gasteiger partial charge in [-0.2, -0.15) is 0 Å². The maximum atomic E-state index is 13.2. The predicted molar refractivity (Wildman–Crippen MR) is 63.2 cm³/mol. The molecule has 0 heterocycles. The van der Waals surface area contributed by atoms with Crippen LogP contribution in [0, 0.1) is 5.82 Å². The van der Waals surface area contributed by atoms with Gasteiger partial charge in [-0.25, -0.2) is 12.8 Å². The molecule has 0 atom stereocenters. The van der Waals surface area contributed by atoms with Crippen molar-refractivity contribution in [1.29, 1.82) is 0 Å².